The molecule has 1 unspecified atom stereocenters. The number of likely N-dealkylation sites (tertiary alicyclic amines) is 1. The van der Waals surface area contributed by atoms with E-state index in [2.05, 4.69) is 10.2 Å². The molecular formula is C22H20Cl2FN3O4. The molecule has 3 aliphatic rings. The van der Waals surface area contributed by atoms with Crippen molar-refractivity contribution in [3.05, 3.63) is 57.3 Å². The van der Waals surface area contributed by atoms with Gasteiger partial charge in [-0.3, -0.25) is 9.69 Å². The number of fused-ring (bicyclic) bond motifs is 1. The first-order chi connectivity index (χ1) is 15.3. The maximum absolute atomic E-state index is 14.8. The second-order valence-electron chi connectivity index (χ2n) is 8.21. The van der Waals surface area contributed by atoms with Crippen molar-refractivity contribution in [1.82, 2.24) is 10.2 Å². The van der Waals surface area contributed by atoms with E-state index in [4.69, 9.17) is 27.9 Å². The molecule has 2 aliphatic heterocycles. The molecular weight excluding hydrogens is 460 g/mol. The third kappa shape index (κ3) is 3.71. The van der Waals surface area contributed by atoms with Crippen molar-refractivity contribution >= 4 is 40.8 Å². The quantitative estimate of drug-likeness (QED) is 0.657. The van der Waals surface area contributed by atoms with Gasteiger partial charge in [-0.15, -0.1) is 0 Å². The highest BCUT2D eigenvalue weighted by atomic mass is 35.5. The van der Waals surface area contributed by atoms with Gasteiger partial charge >= 0.3 is 6.03 Å². The number of anilines is 1. The Morgan fingerprint density at radius 1 is 1.19 bits per heavy atom. The minimum atomic E-state index is -0.623. The molecule has 5 rings (SSSR count). The molecule has 10 heteroatoms. The Bertz CT molecular complexity index is 1100. The Hall–Kier alpha value is -2.39. The van der Waals surface area contributed by atoms with E-state index in [0.717, 1.165) is 16.0 Å². The summed E-state index contributed by atoms with van der Waals surface area (Å²) in [7, 11) is 0. The molecule has 3 amide bonds. The van der Waals surface area contributed by atoms with Crippen LogP contribution in [0.25, 0.3) is 0 Å². The average Bonchev–Trinajstić information content (AvgIpc) is 3.42. The zero-order valence-corrected chi connectivity index (χ0v) is 18.4. The largest absolute Gasteiger partial charge is 0.481 e. The fourth-order valence-corrected chi connectivity index (χ4v) is 5.28. The van der Waals surface area contributed by atoms with Crippen molar-refractivity contribution in [1.29, 1.82) is 0 Å². The Labute approximate surface area is 193 Å². The minimum absolute atomic E-state index is 0.0892. The van der Waals surface area contributed by atoms with Gasteiger partial charge in [-0.25, -0.2) is 14.1 Å². The van der Waals surface area contributed by atoms with E-state index in [1.54, 1.807) is 12.1 Å². The van der Waals surface area contributed by atoms with E-state index in [9.17, 15) is 19.1 Å². The molecule has 2 N–H and O–H groups in total. The summed E-state index contributed by atoms with van der Waals surface area (Å²) in [6.45, 7) is 1.05. The number of aliphatic hydroxyl groups is 1. The van der Waals surface area contributed by atoms with Crippen molar-refractivity contribution in [2.75, 3.05) is 24.5 Å². The number of β-amino-alcohol motifs (C(OH)–C–C–N with tert-alkyl or cyclic N) is 1. The highest BCUT2D eigenvalue weighted by Crippen LogP contribution is 2.44. The zero-order chi connectivity index (χ0) is 22.6. The number of aliphatic hydroxyl groups excluding tert-OH is 1. The number of imide groups is 1. The second-order valence-corrected chi connectivity index (χ2v) is 9.05. The van der Waals surface area contributed by atoms with E-state index < -0.39 is 30.0 Å². The molecule has 7 nitrogen and oxygen atoms in total. The molecule has 1 aliphatic carbocycles. The molecule has 2 fully saturated rings. The van der Waals surface area contributed by atoms with Crippen LogP contribution in [0.2, 0.25) is 10.0 Å². The summed E-state index contributed by atoms with van der Waals surface area (Å²) in [6.07, 6.45) is 0.179. The van der Waals surface area contributed by atoms with Crippen LogP contribution in [0.4, 0.5) is 14.9 Å². The molecule has 168 valence electrons. The molecule has 2 aromatic rings. The number of benzene rings is 2. The Balaban J connectivity index is 1.52. The van der Waals surface area contributed by atoms with Crippen LogP contribution >= 0.6 is 23.2 Å². The van der Waals surface area contributed by atoms with Crippen LogP contribution in [0.3, 0.4) is 0 Å². The zero-order valence-electron chi connectivity index (χ0n) is 16.9. The number of nitrogens with zero attached hydrogens (tertiary/aromatic N) is 2. The molecule has 2 saturated heterocycles. The number of carbonyl (C=O) groups excluding carboxylic acids is 2. The van der Waals surface area contributed by atoms with Crippen LogP contribution < -0.4 is 15.0 Å². The summed E-state index contributed by atoms with van der Waals surface area (Å²) in [4.78, 5) is 27.2. The van der Waals surface area contributed by atoms with Crippen molar-refractivity contribution < 1.29 is 23.8 Å². The molecule has 0 spiro atoms. The first kappa shape index (κ1) is 21.5. The molecule has 3 atom stereocenters. The molecule has 2 aromatic carbocycles. The summed E-state index contributed by atoms with van der Waals surface area (Å²) in [6, 6.07) is 6.55. The standard InChI is InChI=1S/C22H20Cl2FN3O4/c23-11-5-15-14(16(24)6-11)8-18(27-4-3-13(29)10-27)21(15)32-19-7-12(1-2-17(19)25)28-20(30)9-26-22(28)31/h1-2,5-7,13,18,21,29H,3-4,8-10H2,(H,26,31)/t13?,18-,21-/m0/s1. The van der Waals surface area contributed by atoms with E-state index in [1.807, 2.05) is 0 Å². The topological polar surface area (TPSA) is 82.1 Å². The normalized spacial score (nSPS) is 25.4. The van der Waals surface area contributed by atoms with Gasteiger partial charge in [-0.1, -0.05) is 23.2 Å². The number of urea groups is 1. The van der Waals surface area contributed by atoms with E-state index in [-0.39, 0.29) is 24.0 Å². The number of amides is 3. The van der Waals surface area contributed by atoms with Gasteiger partial charge in [-0.05, 0) is 42.7 Å². The fourth-order valence-electron chi connectivity index (χ4n) is 4.69. The fraction of sp³-hybridized carbons (Fsp3) is 0.364. The third-order valence-electron chi connectivity index (χ3n) is 6.20. The summed E-state index contributed by atoms with van der Waals surface area (Å²) in [5.41, 5.74) is 1.85. The molecule has 0 radical (unpaired) electrons. The summed E-state index contributed by atoms with van der Waals surface area (Å²) >= 11 is 12.7. The van der Waals surface area contributed by atoms with Crippen LogP contribution in [-0.4, -0.2) is 53.7 Å². The van der Waals surface area contributed by atoms with Gasteiger partial charge in [0.05, 0.1) is 24.4 Å². The monoisotopic (exact) mass is 479 g/mol. The lowest BCUT2D eigenvalue weighted by molar-refractivity contribution is -0.115. The molecule has 2 heterocycles. The van der Waals surface area contributed by atoms with Crippen LogP contribution in [0.1, 0.15) is 23.7 Å². The van der Waals surface area contributed by atoms with Crippen LogP contribution in [0.15, 0.2) is 30.3 Å². The van der Waals surface area contributed by atoms with E-state index in [1.165, 1.54) is 18.2 Å². The van der Waals surface area contributed by atoms with Crippen molar-refractivity contribution in [3.8, 4) is 5.75 Å². The van der Waals surface area contributed by atoms with Gasteiger partial charge in [0.15, 0.2) is 11.6 Å². The Morgan fingerprint density at radius 3 is 2.69 bits per heavy atom. The second kappa shape index (κ2) is 8.19. The average molecular weight is 480 g/mol. The lowest BCUT2D eigenvalue weighted by atomic mass is 10.1. The number of rotatable bonds is 4. The first-order valence-corrected chi connectivity index (χ1v) is 11.0. The van der Waals surface area contributed by atoms with E-state index >= 15 is 0 Å². The Kier molecular flexibility index (Phi) is 5.49. The van der Waals surface area contributed by atoms with Gasteiger partial charge in [-0.2, -0.15) is 0 Å². The van der Waals surface area contributed by atoms with Gasteiger partial charge in [0.1, 0.15) is 6.10 Å². The smallest absolute Gasteiger partial charge is 0.329 e. The summed E-state index contributed by atoms with van der Waals surface area (Å²) in [5.74, 6) is -1.14. The number of hydrogen-bond donors (Lipinski definition) is 2. The van der Waals surface area contributed by atoms with Crippen molar-refractivity contribution in [2.45, 2.75) is 31.1 Å². The minimum Gasteiger partial charge on any atom is -0.481 e. The maximum Gasteiger partial charge on any atom is 0.329 e. The SMILES string of the molecule is O=C1CNC(=O)N1c1ccc(F)c(O[C@H]2c3cc(Cl)cc(Cl)c3C[C@@H]2N2CCC(O)C2)c1. The molecule has 0 aromatic heterocycles. The van der Waals surface area contributed by atoms with Crippen LogP contribution in [-0.2, 0) is 11.2 Å². The highest BCUT2D eigenvalue weighted by Gasteiger charge is 2.42. The Morgan fingerprint density at radius 2 is 2.00 bits per heavy atom. The number of halogens is 3. The molecule has 0 saturated carbocycles. The number of nitrogens with one attached hydrogen (secondary N) is 1. The number of ether oxygens (including phenoxy) is 1. The maximum atomic E-state index is 14.8. The summed E-state index contributed by atoms with van der Waals surface area (Å²) in [5, 5.41) is 13.4. The molecule has 32 heavy (non-hydrogen) atoms. The lowest BCUT2D eigenvalue weighted by Crippen LogP contribution is -2.39. The predicted molar refractivity (Wildman–Crippen MR) is 117 cm³/mol. The number of hydrogen-bond acceptors (Lipinski definition) is 5. The first-order valence-electron chi connectivity index (χ1n) is 10.3. The third-order valence-corrected chi connectivity index (χ3v) is 6.75. The lowest BCUT2D eigenvalue weighted by Gasteiger charge is -2.30. The predicted octanol–water partition coefficient (Wildman–Crippen LogP) is 3.30. The van der Waals surface area contributed by atoms with Crippen LogP contribution in [0, 0.1) is 5.82 Å². The van der Waals surface area contributed by atoms with Crippen molar-refractivity contribution in [2.24, 2.45) is 0 Å². The van der Waals surface area contributed by atoms with Gasteiger partial charge in [0.2, 0.25) is 0 Å². The van der Waals surface area contributed by atoms with Gasteiger partial charge in [0, 0.05) is 34.8 Å². The van der Waals surface area contributed by atoms with Crippen LogP contribution in [0.5, 0.6) is 5.75 Å². The highest BCUT2D eigenvalue weighted by molar-refractivity contribution is 6.35. The van der Waals surface area contributed by atoms with Crippen molar-refractivity contribution in [3.63, 3.8) is 0 Å². The molecule has 0 bridgehead atoms. The van der Waals surface area contributed by atoms with Gasteiger partial charge in [0.25, 0.3) is 5.91 Å². The summed E-state index contributed by atoms with van der Waals surface area (Å²) < 4.78 is 21.0. The number of carbonyl (C=O) groups is 2. The van der Waals surface area contributed by atoms with E-state index in [0.29, 0.717) is 36.0 Å². The van der Waals surface area contributed by atoms with Gasteiger partial charge < -0.3 is 15.2 Å².